The molecule has 2 amide bonds. The summed E-state index contributed by atoms with van der Waals surface area (Å²) in [5, 5.41) is 5.26. The number of pyridine rings is 2. The van der Waals surface area contributed by atoms with Crippen LogP contribution in [0.2, 0.25) is 0 Å². The molecule has 120 valence electrons. The average Bonchev–Trinajstić information content (AvgIpc) is 2.34. The first-order valence-electron chi connectivity index (χ1n) is 7.32. The maximum atomic E-state index is 11.9. The zero-order valence-corrected chi connectivity index (χ0v) is 13.7. The first-order valence-corrected chi connectivity index (χ1v) is 7.32. The second kappa shape index (κ2) is 7.00. The first kappa shape index (κ1) is 16.6. The molecule has 0 aromatic carbocycles. The Morgan fingerprint density at radius 1 is 0.783 bits per heavy atom. The second-order valence-electron chi connectivity index (χ2n) is 5.62. The third-order valence-electron chi connectivity index (χ3n) is 3.05. The van der Waals surface area contributed by atoms with Crippen LogP contribution in [0.4, 0.5) is 11.6 Å². The van der Waals surface area contributed by atoms with Crippen LogP contribution in [0.1, 0.15) is 28.9 Å². The predicted octanol–water partition coefficient (Wildman–Crippen LogP) is 2.68. The number of amides is 2. The van der Waals surface area contributed by atoms with Gasteiger partial charge in [0.25, 0.3) is 0 Å². The molecule has 2 heterocycles. The van der Waals surface area contributed by atoms with Crippen molar-refractivity contribution in [3.05, 3.63) is 46.8 Å². The van der Waals surface area contributed by atoms with Crippen LogP contribution in [0.3, 0.4) is 0 Å². The molecule has 23 heavy (non-hydrogen) atoms. The van der Waals surface area contributed by atoms with Crippen molar-refractivity contribution < 1.29 is 9.59 Å². The summed E-state index contributed by atoms with van der Waals surface area (Å²) < 4.78 is 0. The van der Waals surface area contributed by atoms with Gasteiger partial charge in [-0.15, -0.1) is 0 Å². The van der Waals surface area contributed by atoms with Crippen molar-refractivity contribution in [3.63, 3.8) is 0 Å². The Morgan fingerprint density at radius 2 is 1.17 bits per heavy atom. The molecule has 2 rings (SSSR count). The van der Waals surface area contributed by atoms with E-state index in [4.69, 9.17) is 0 Å². The van der Waals surface area contributed by atoms with Crippen molar-refractivity contribution in [2.45, 2.75) is 34.1 Å². The molecule has 6 heteroatoms. The van der Waals surface area contributed by atoms with E-state index in [0.29, 0.717) is 11.6 Å². The molecule has 0 saturated carbocycles. The monoisotopic (exact) mass is 312 g/mol. The van der Waals surface area contributed by atoms with Crippen molar-refractivity contribution >= 4 is 23.5 Å². The number of carbonyl (C=O) groups is 2. The lowest BCUT2D eigenvalue weighted by Crippen LogP contribution is -2.22. The summed E-state index contributed by atoms with van der Waals surface area (Å²) >= 11 is 0. The largest absolute Gasteiger partial charge is 0.310 e. The minimum atomic E-state index is -0.413. The number of anilines is 2. The maximum Gasteiger partial charge on any atom is 0.234 e. The Bertz CT molecular complexity index is 652. The van der Waals surface area contributed by atoms with E-state index in [1.807, 2.05) is 39.8 Å². The van der Waals surface area contributed by atoms with E-state index >= 15 is 0 Å². The molecule has 0 fully saturated rings. The maximum absolute atomic E-state index is 11.9. The van der Waals surface area contributed by atoms with Gasteiger partial charge in [0.15, 0.2) is 0 Å². The quantitative estimate of drug-likeness (QED) is 0.850. The fraction of sp³-hybridized carbons (Fsp3) is 0.294. The summed E-state index contributed by atoms with van der Waals surface area (Å²) in [6, 6.07) is 7.34. The highest BCUT2D eigenvalue weighted by atomic mass is 16.2. The number of nitrogens with zero attached hydrogens (tertiary/aromatic N) is 2. The van der Waals surface area contributed by atoms with Gasteiger partial charge in [-0.3, -0.25) is 9.59 Å². The molecule has 0 radical (unpaired) electrons. The first-order chi connectivity index (χ1) is 10.8. The standard InChI is InChI=1S/C17H20N4O2/c1-10-5-12(3)18-14(7-10)20-16(22)9-17(23)21-15-8-11(2)6-13(4)19-15/h5-8H,9H2,1-4H3,(H,18,20,22)(H,19,21,23). The Labute approximate surface area is 135 Å². The molecule has 0 bridgehead atoms. The van der Waals surface area contributed by atoms with Crippen molar-refractivity contribution in [1.82, 2.24) is 9.97 Å². The van der Waals surface area contributed by atoms with Gasteiger partial charge in [-0.1, -0.05) is 0 Å². The Balaban J connectivity index is 1.95. The van der Waals surface area contributed by atoms with E-state index in [0.717, 1.165) is 22.5 Å². The molecule has 0 aliphatic rings. The molecule has 6 nitrogen and oxygen atoms in total. The molecular weight excluding hydrogens is 292 g/mol. The van der Waals surface area contributed by atoms with Gasteiger partial charge in [-0.05, 0) is 63.1 Å². The van der Waals surface area contributed by atoms with Crippen LogP contribution in [0.15, 0.2) is 24.3 Å². The molecule has 2 aromatic heterocycles. The lowest BCUT2D eigenvalue weighted by atomic mass is 10.2. The van der Waals surface area contributed by atoms with Gasteiger partial charge in [0.05, 0.1) is 0 Å². The highest BCUT2D eigenvalue weighted by Gasteiger charge is 2.12. The summed E-state index contributed by atoms with van der Waals surface area (Å²) in [5.41, 5.74) is 3.61. The van der Waals surface area contributed by atoms with Crippen molar-refractivity contribution in [3.8, 4) is 0 Å². The Hall–Kier alpha value is -2.76. The molecule has 0 atom stereocenters. The number of hydrogen-bond donors (Lipinski definition) is 2. The van der Waals surface area contributed by atoms with E-state index in [2.05, 4.69) is 20.6 Å². The third kappa shape index (κ3) is 5.18. The summed E-state index contributed by atoms with van der Waals surface area (Å²) in [4.78, 5) is 32.3. The van der Waals surface area contributed by atoms with E-state index in [1.54, 1.807) is 12.1 Å². The predicted molar refractivity (Wildman–Crippen MR) is 89.3 cm³/mol. The number of rotatable bonds is 4. The van der Waals surface area contributed by atoms with Gasteiger partial charge in [0, 0.05) is 11.4 Å². The van der Waals surface area contributed by atoms with E-state index in [9.17, 15) is 9.59 Å². The highest BCUT2D eigenvalue weighted by molar-refractivity contribution is 6.07. The fourth-order valence-corrected chi connectivity index (χ4v) is 2.33. The van der Waals surface area contributed by atoms with Crippen LogP contribution in [0.5, 0.6) is 0 Å². The zero-order valence-electron chi connectivity index (χ0n) is 13.7. The summed E-state index contributed by atoms with van der Waals surface area (Å²) in [6.45, 7) is 7.54. The number of aryl methyl sites for hydroxylation is 4. The third-order valence-corrected chi connectivity index (χ3v) is 3.05. The minimum absolute atomic E-state index is 0.288. The highest BCUT2D eigenvalue weighted by Crippen LogP contribution is 2.11. The SMILES string of the molecule is Cc1cc(C)nc(NC(=O)CC(=O)Nc2cc(C)cc(C)n2)c1. The number of nitrogens with one attached hydrogen (secondary N) is 2. The van der Waals surface area contributed by atoms with Crippen LogP contribution < -0.4 is 10.6 Å². The lowest BCUT2D eigenvalue weighted by molar-refractivity contribution is -0.123. The van der Waals surface area contributed by atoms with Gasteiger partial charge in [-0.2, -0.15) is 0 Å². The number of aromatic nitrogens is 2. The molecule has 2 N–H and O–H groups in total. The van der Waals surface area contributed by atoms with E-state index in [1.165, 1.54) is 0 Å². The fourth-order valence-electron chi connectivity index (χ4n) is 2.33. The summed E-state index contributed by atoms with van der Waals surface area (Å²) in [7, 11) is 0. The van der Waals surface area contributed by atoms with Crippen LogP contribution in [0, 0.1) is 27.7 Å². The average molecular weight is 312 g/mol. The molecule has 0 aliphatic heterocycles. The normalized spacial score (nSPS) is 10.3. The van der Waals surface area contributed by atoms with Gasteiger partial charge < -0.3 is 10.6 Å². The van der Waals surface area contributed by atoms with Crippen molar-refractivity contribution in [2.24, 2.45) is 0 Å². The zero-order chi connectivity index (χ0) is 17.0. The number of hydrogen-bond acceptors (Lipinski definition) is 4. The topological polar surface area (TPSA) is 84.0 Å². The molecule has 0 saturated heterocycles. The van der Waals surface area contributed by atoms with Gasteiger partial charge in [0.2, 0.25) is 11.8 Å². The molecule has 0 unspecified atom stereocenters. The number of carbonyl (C=O) groups excluding carboxylic acids is 2. The lowest BCUT2D eigenvalue weighted by Gasteiger charge is -2.08. The van der Waals surface area contributed by atoms with Crippen LogP contribution in [-0.2, 0) is 9.59 Å². The van der Waals surface area contributed by atoms with Crippen LogP contribution in [-0.4, -0.2) is 21.8 Å². The van der Waals surface area contributed by atoms with Crippen LogP contribution in [0.25, 0.3) is 0 Å². The van der Waals surface area contributed by atoms with Crippen molar-refractivity contribution in [1.29, 1.82) is 0 Å². The Morgan fingerprint density at radius 3 is 1.52 bits per heavy atom. The molecular formula is C17H20N4O2. The molecule has 0 spiro atoms. The minimum Gasteiger partial charge on any atom is -0.310 e. The van der Waals surface area contributed by atoms with E-state index < -0.39 is 11.8 Å². The smallest absolute Gasteiger partial charge is 0.234 e. The Kier molecular flexibility index (Phi) is 5.05. The van der Waals surface area contributed by atoms with Gasteiger partial charge in [-0.25, -0.2) is 9.97 Å². The van der Waals surface area contributed by atoms with Gasteiger partial charge >= 0.3 is 0 Å². The summed E-state index contributed by atoms with van der Waals surface area (Å²) in [6.07, 6.45) is -0.288. The molecule has 2 aromatic rings. The van der Waals surface area contributed by atoms with Gasteiger partial charge in [0.1, 0.15) is 18.1 Å². The second-order valence-corrected chi connectivity index (χ2v) is 5.62. The summed E-state index contributed by atoms with van der Waals surface area (Å²) in [5.74, 6) is 0.0726. The van der Waals surface area contributed by atoms with Crippen LogP contribution >= 0.6 is 0 Å². The molecule has 0 aliphatic carbocycles. The van der Waals surface area contributed by atoms with Crippen molar-refractivity contribution in [2.75, 3.05) is 10.6 Å². The van der Waals surface area contributed by atoms with E-state index in [-0.39, 0.29) is 6.42 Å².